The minimum Gasteiger partial charge on any atom is -0.478 e. The molecule has 0 radical (unpaired) electrons. The molecular weight excluding hydrogens is 468 g/mol. The summed E-state index contributed by atoms with van der Waals surface area (Å²) >= 11 is 5.89. The number of nitrogens with zero attached hydrogens (tertiary/aromatic N) is 3. The van der Waals surface area contributed by atoms with E-state index in [0.717, 1.165) is 28.3 Å². The smallest absolute Gasteiger partial charge is 0.337 e. The number of thiocarbonyl (C=S) groups is 1. The quantitative estimate of drug-likeness (QED) is 0.331. The Hall–Kier alpha value is -3.97. The van der Waals surface area contributed by atoms with Crippen LogP contribution < -0.4 is 10.2 Å². The van der Waals surface area contributed by atoms with Crippen LogP contribution in [-0.2, 0) is 0 Å². The lowest BCUT2D eigenvalue weighted by atomic mass is 9.96. The average Bonchev–Trinajstić information content (AvgIpc) is 3.36. The van der Waals surface area contributed by atoms with Gasteiger partial charge < -0.3 is 19.9 Å². The summed E-state index contributed by atoms with van der Waals surface area (Å²) in [7, 11) is 0. The Morgan fingerprint density at radius 1 is 0.972 bits per heavy atom. The summed E-state index contributed by atoms with van der Waals surface area (Å²) < 4.78 is 2.02. The van der Waals surface area contributed by atoms with Crippen LogP contribution in [0.15, 0.2) is 72.9 Å². The van der Waals surface area contributed by atoms with Gasteiger partial charge in [-0.05, 0) is 99.1 Å². The fraction of sp³-hybridized carbons (Fsp3) is 0.207. The van der Waals surface area contributed by atoms with Gasteiger partial charge in [0.05, 0.1) is 29.0 Å². The van der Waals surface area contributed by atoms with Crippen molar-refractivity contribution in [1.82, 2.24) is 14.9 Å². The van der Waals surface area contributed by atoms with E-state index in [4.69, 9.17) is 12.2 Å². The summed E-state index contributed by atoms with van der Waals surface area (Å²) in [4.78, 5) is 18.8. The van der Waals surface area contributed by atoms with Gasteiger partial charge in [-0.25, -0.2) is 4.79 Å². The first kappa shape index (κ1) is 23.8. The molecule has 5 rings (SSSR count). The van der Waals surface area contributed by atoms with Crippen LogP contribution in [0.1, 0.15) is 56.2 Å². The number of carboxylic acid groups (broad SMARTS) is 1. The van der Waals surface area contributed by atoms with Crippen LogP contribution >= 0.6 is 12.2 Å². The second kappa shape index (κ2) is 9.24. The topological polar surface area (TPSA) is 70.4 Å². The van der Waals surface area contributed by atoms with Crippen LogP contribution in [-0.4, -0.2) is 25.7 Å². The van der Waals surface area contributed by atoms with Crippen molar-refractivity contribution >= 4 is 29.0 Å². The van der Waals surface area contributed by atoms with Gasteiger partial charge in [-0.1, -0.05) is 24.3 Å². The van der Waals surface area contributed by atoms with Gasteiger partial charge in [0, 0.05) is 23.3 Å². The highest BCUT2D eigenvalue weighted by molar-refractivity contribution is 7.80. The van der Waals surface area contributed by atoms with Gasteiger partial charge in [-0.3, -0.25) is 4.98 Å². The fourth-order valence-corrected chi connectivity index (χ4v) is 5.48. The minimum atomic E-state index is -0.952. The van der Waals surface area contributed by atoms with E-state index in [-0.39, 0.29) is 17.6 Å². The predicted molar refractivity (Wildman–Crippen MR) is 146 cm³/mol. The minimum absolute atomic E-state index is 0.175. The van der Waals surface area contributed by atoms with E-state index in [0.29, 0.717) is 10.8 Å². The Labute approximate surface area is 216 Å². The molecular formula is C29H28N4O2S. The van der Waals surface area contributed by atoms with Crippen LogP contribution in [0.2, 0.25) is 0 Å². The summed E-state index contributed by atoms with van der Waals surface area (Å²) in [5.41, 5.74) is 8.20. The van der Waals surface area contributed by atoms with Crippen LogP contribution in [0.5, 0.6) is 0 Å². The van der Waals surface area contributed by atoms with Crippen molar-refractivity contribution in [3.8, 4) is 5.69 Å². The summed E-state index contributed by atoms with van der Waals surface area (Å²) in [5.74, 6) is -0.952. The van der Waals surface area contributed by atoms with Crippen molar-refractivity contribution in [2.75, 3.05) is 4.90 Å². The van der Waals surface area contributed by atoms with E-state index < -0.39 is 5.97 Å². The standard InChI is InChI=1S/C29H28N4O2S/c1-17-12-13-21(15-18(17)2)33-27(26(31-29(33)36)24-10-7-8-14-30-24)23-16-19(3)32(20(23)4)25-11-6-5-9-22(25)28(34)35/h5-16,26-27H,1-4H3,(H,31,36)(H,34,35)/t26-,27-/m1/s1. The number of pyridine rings is 1. The number of anilines is 1. The molecule has 3 heterocycles. The van der Waals surface area contributed by atoms with Crippen LogP contribution in [0.3, 0.4) is 0 Å². The van der Waals surface area contributed by atoms with Crippen molar-refractivity contribution in [2.45, 2.75) is 39.8 Å². The first-order valence-electron chi connectivity index (χ1n) is 11.9. The Kier molecular flexibility index (Phi) is 6.10. The highest BCUT2D eigenvalue weighted by Gasteiger charge is 2.42. The van der Waals surface area contributed by atoms with Crippen LogP contribution in [0.25, 0.3) is 5.69 Å². The number of rotatable bonds is 5. The van der Waals surface area contributed by atoms with Gasteiger partial charge in [-0.15, -0.1) is 0 Å². The first-order valence-corrected chi connectivity index (χ1v) is 12.3. The molecule has 2 atom stereocenters. The molecule has 2 aromatic heterocycles. The molecule has 1 saturated heterocycles. The first-order chi connectivity index (χ1) is 17.3. The summed E-state index contributed by atoms with van der Waals surface area (Å²) in [6.45, 7) is 8.25. The molecule has 0 spiro atoms. The van der Waals surface area contributed by atoms with Crippen molar-refractivity contribution in [2.24, 2.45) is 0 Å². The predicted octanol–water partition coefficient (Wildman–Crippen LogP) is 5.98. The zero-order chi connectivity index (χ0) is 25.6. The highest BCUT2D eigenvalue weighted by Crippen LogP contribution is 2.44. The summed E-state index contributed by atoms with van der Waals surface area (Å²) in [6, 6.07) is 21.2. The maximum Gasteiger partial charge on any atom is 0.337 e. The molecule has 4 aromatic rings. The van der Waals surface area contributed by atoms with E-state index in [2.05, 4.69) is 53.3 Å². The van der Waals surface area contributed by atoms with E-state index in [9.17, 15) is 9.90 Å². The normalized spacial score (nSPS) is 17.3. The third-order valence-corrected chi connectivity index (χ3v) is 7.35. The monoisotopic (exact) mass is 496 g/mol. The van der Waals surface area contributed by atoms with Crippen LogP contribution in [0, 0.1) is 27.7 Å². The zero-order valence-corrected chi connectivity index (χ0v) is 21.5. The molecule has 0 bridgehead atoms. The van der Waals surface area contributed by atoms with Gasteiger partial charge in [0.1, 0.15) is 0 Å². The Morgan fingerprint density at radius 3 is 2.42 bits per heavy atom. The summed E-state index contributed by atoms with van der Waals surface area (Å²) in [6.07, 6.45) is 1.79. The van der Waals surface area contributed by atoms with E-state index >= 15 is 0 Å². The average molecular weight is 497 g/mol. The number of aromatic carboxylic acids is 1. The molecule has 6 nitrogen and oxygen atoms in total. The molecule has 0 unspecified atom stereocenters. The van der Waals surface area contributed by atoms with Crippen molar-refractivity contribution in [3.05, 3.63) is 112 Å². The van der Waals surface area contributed by atoms with Crippen molar-refractivity contribution < 1.29 is 9.90 Å². The Balaban J connectivity index is 1.71. The number of aromatic nitrogens is 2. The van der Waals surface area contributed by atoms with E-state index in [1.165, 1.54) is 11.1 Å². The number of hydrogen-bond acceptors (Lipinski definition) is 3. The third-order valence-electron chi connectivity index (χ3n) is 7.03. The Morgan fingerprint density at radius 2 is 1.72 bits per heavy atom. The number of nitrogens with one attached hydrogen (secondary N) is 1. The van der Waals surface area contributed by atoms with E-state index in [1.807, 2.05) is 48.7 Å². The van der Waals surface area contributed by atoms with Crippen molar-refractivity contribution in [3.63, 3.8) is 0 Å². The van der Waals surface area contributed by atoms with Gasteiger partial charge >= 0.3 is 5.97 Å². The van der Waals surface area contributed by atoms with Crippen molar-refractivity contribution in [1.29, 1.82) is 0 Å². The van der Waals surface area contributed by atoms with E-state index in [1.54, 1.807) is 18.3 Å². The molecule has 0 aliphatic carbocycles. The lowest BCUT2D eigenvalue weighted by molar-refractivity contribution is 0.0697. The maximum atomic E-state index is 12.0. The number of para-hydroxylation sites is 1. The fourth-order valence-electron chi connectivity index (χ4n) is 5.13. The SMILES string of the molecule is Cc1ccc(N2C(=S)N[C@H](c3ccccn3)[C@H]2c2cc(C)n(-c3ccccc3C(=O)O)c2C)cc1C. The van der Waals surface area contributed by atoms with Gasteiger partial charge in [0.15, 0.2) is 5.11 Å². The molecule has 0 amide bonds. The molecule has 1 fully saturated rings. The largest absolute Gasteiger partial charge is 0.478 e. The maximum absolute atomic E-state index is 12.0. The van der Waals surface area contributed by atoms with Gasteiger partial charge in [-0.2, -0.15) is 0 Å². The third kappa shape index (κ3) is 3.95. The molecule has 0 saturated carbocycles. The van der Waals surface area contributed by atoms with Crippen LogP contribution in [0.4, 0.5) is 5.69 Å². The molecule has 2 N–H and O–H groups in total. The second-order valence-corrected chi connectivity index (χ2v) is 9.64. The lowest BCUT2D eigenvalue weighted by Gasteiger charge is -2.28. The molecule has 1 aliphatic rings. The number of carbonyl (C=O) groups is 1. The molecule has 1 aliphatic heterocycles. The molecule has 182 valence electrons. The Bertz CT molecular complexity index is 1480. The second-order valence-electron chi connectivity index (χ2n) is 9.25. The number of benzene rings is 2. The number of hydrogen-bond donors (Lipinski definition) is 2. The van der Waals surface area contributed by atoms with Gasteiger partial charge in [0.2, 0.25) is 0 Å². The zero-order valence-electron chi connectivity index (χ0n) is 20.7. The molecule has 7 heteroatoms. The number of aryl methyl sites for hydroxylation is 3. The highest BCUT2D eigenvalue weighted by atomic mass is 32.1. The summed E-state index contributed by atoms with van der Waals surface area (Å²) in [5, 5.41) is 14.0. The molecule has 36 heavy (non-hydrogen) atoms. The molecule has 2 aromatic carbocycles. The lowest BCUT2D eigenvalue weighted by Crippen LogP contribution is -2.29. The van der Waals surface area contributed by atoms with Gasteiger partial charge in [0.25, 0.3) is 0 Å². The number of carboxylic acids is 1.